The molecular formula is C24H37N3O4. The summed E-state index contributed by atoms with van der Waals surface area (Å²) in [7, 11) is 0. The fourth-order valence-electron chi connectivity index (χ4n) is 3.41. The molecule has 0 atom stereocenters. The molecule has 1 aromatic rings. The van der Waals surface area contributed by atoms with Crippen LogP contribution in [0, 0.1) is 0 Å². The molecule has 31 heavy (non-hydrogen) atoms. The predicted molar refractivity (Wildman–Crippen MR) is 121 cm³/mol. The number of rotatable bonds is 5. The average molecular weight is 432 g/mol. The van der Waals surface area contributed by atoms with E-state index in [1.807, 2.05) is 29.2 Å². The third-order valence-corrected chi connectivity index (χ3v) is 5.17. The molecule has 1 saturated heterocycles. The number of likely N-dealkylation sites (tertiary alicyclic amines) is 1. The summed E-state index contributed by atoms with van der Waals surface area (Å²) in [5.41, 5.74) is 1.39. The van der Waals surface area contributed by atoms with E-state index in [1.54, 1.807) is 20.8 Å². The van der Waals surface area contributed by atoms with Crippen molar-refractivity contribution in [3.05, 3.63) is 35.4 Å². The van der Waals surface area contributed by atoms with Crippen LogP contribution in [0.25, 0.3) is 0 Å². The number of amides is 3. The van der Waals surface area contributed by atoms with Gasteiger partial charge in [-0.15, -0.1) is 0 Å². The number of alkyl carbamates (subject to hydrolysis) is 1. The van der Waals surface area contributed by atoms with Crippen LogP contribution in [-0.2, 0) is 14.9 Å². The lowest BCUT2D eigenvalue weighted by molar-refractivity contribution is -0.121. The minimum Gasteiger partial charge on any atom is -0.444 e. The molecule has 1 aromatic carbocycles. The molecule has 0 saturated carbocycles. The first-order valence-electron chi connectivity index (χ1n) is 11.0. The number of benzene rings is 1. The zero-order valence-electron chi connectivity index (χ0n) is 19.7. The number of hydrogen-bond acceptors (Lipinski definition) is 4. The molecule has 0 bridgehead atoms. The van der Waals surface area contributed by atoms with E-state index in [4.69, 9.17) is 4.74 Å². The molecule has 0 unspecified atom stereocenters. The van der Waals surface area contributed by atoms with E-state index >= 15 is 0 Å². The average Bonchev–Trinajstić information content (AvgIpc) is 2.66. The first-order valence-corrected chi connectivity index (χ1v) is 11.0. The molecule has 0 aromatic heterocycles. The van der Waals surface area contributed by atoms with Crippen molar-refractivity contribution in [2.45, 2.75) is 77.9 Å². The number of carbonyl (C=O) groups is 3. The Bertz CT molecular complexity index is 767. The van der Waals surface area contributed by atoms with Crippen LogP contribution in [0.2, 0.25) is 0 Å². The standard InChI is InChI=1S/C24H37N3O4/c1-23(2,3)18-9-7-17(8-10-18)21(29)27-15-12-19(13-16-27)26-20(28)11-14-25-22(30)31-24(4,5)6/h7-10,19H,11-16H2,1-6H3,(H,25,30)(H,26,28). The number of piperidine rings is 1. The second kappa shape index (κ2) is 10.2. The van der Waals surface area contributed by atoms with Crippen molar-refractivity contribution in [3.8, 4) is 0 Å². The Balaban J connectivity index is 1.72. The molecule has 7 nitrogen and oxygen atoms in total. The molecule has 1 aliphatic heterocycles. The maximum atomic E-state index is 12.8. The highest BCUT2D eigenvalue weighted by molar-refractivity contribution is 5.94. The predicted octanol–water partition coefficient (Wildman–Crippen LogP) is 3.62. The summed E-state index contributed by atoms with van der Waals surface area (Å²) in [4.78, 5) is 38.4. The Morgan fingerprint density at radius 2 is 1.58 bits per heavy atom. The van der Waals surface area contributed by atoms with Crippen molar-refractivity contribution in [2.24, 2.45) is 0 Å². The molecule has 1 fully saturated rings. The van der Waals surface area contributed by atoms with Crippen molar-refractivity contribution < 1.29 is 19.1 Å². The lowest BCUT2D eigenvalue weighted by atomic mass is 9.86. The van der Waals surface area contributed by atoms with Crippen molar-refractivity contribution in [2.75, 3.05) is 19.6 Å². The van der Waals surface area contributed by atoms with Gasteiger partial charge in [-0.1, -0.05) is 32.9 Å². The Morgan fingerprint density at radius 1 is 1.00 bits per heavy atom. The van der Waals surface area contributed by atoms with Gasteiger partial charge >= 0.3 is 6.09 Å². The zero-order chi connectivity index (χ0) is 23.2. The van der Waals surface area contributed by atoms with Crippen LogP contribution >= 0.6 is 0 Å². The Labute approximate surface area is 185 Å². The molecule has 7 heteroatoms. The second-order valence-electron chi connectivity index (χ2n) is 10.1. The Hall–Kier alpha value is -2.57. The molecule has 2 N–H and O–H groups in total. The first kappa shape index (κ1) is 24.7. The lowest BCUT2D eigenvalue weighted by Gasteiger charge is -2.32. The van der Waals surface area contributed by atoms with Crippen LogP contribution in [0.1, 0.15) is 76.7 Å². The number of nitrogens with one attached hydrogen (secondary N) is 2. The smallest absolute Gasteiger partial charge is 0.407 e. The summed E-state index contributed by atoms with van der Waals surface area (Å²) >= 11 is 0. The van der Waals surface area contributed by atoms with Gasteiger partial charge in [-0.25, -0.2) is 4.79 Å². The van der Waals surface area contributed by atoms with Gasteiger partial charge in [-0.2, -0.15) is 0 Å². The number of carbonyl (C=O) groups excluding carboxylic acids is 3. The van der Waals surface area contributed by atoms with Crippen molar-refractivity contribution >= 4 is 17.9 Å². The van der Waals surface area contributed by atoms with E-state index in [2.05, 4.69) is 31.4 Å². The van der Waals surface area contributed by atoms with E-state index in [0.29, 0.717) is 18.7 Å². The fourth-order valence-corrected chi connectivity index (χ4v) is 3.41. The topological polar surface area (TPSA) is 87.7 Å². The number of nitrogens with zero attached hydrogens (tertiary/aromatic N) is 1. The van der Waals surface area contributed by atoms with Gasteiger partial charge in [0.2, 0.25) is 5.91 Å². The SMILES string of the molecule is CC(C)(C)OC(=O)NCCC(=O)NC1CCN(C(=O)c2ccc(C(C)(C)C)cc2)CC1. The molecule has 0 spiro atoms. The highest BCUT2D eigenvalue weighted by Crippen LogP contribution is 2.23. The monoisotopic (exact) mass is 431 g/mol. The van der Waals surface area contributed by atoms with Crippen LogP contribution in [-0.4, -0.2) is 54.1 Å². The quantitative estimate of drug-likeness (QED) is 0.745. The van der Waals surface area contributed by atoms with Gasteiger partial charge < -0.3 is 20.3 Å². The van der Waals surface area contributed by atoms with Crippen molar-refractivity contribution in [1.82, 2.24) is 15.5 Å². The van der Waals surface area contributed by atoms with Crippen molar-refractivity contribution in [1.29, 1.82) is 0 Å². The lowest BCUT2D eigenvalue weighted by Crippen LogP contribution is -2.47. The molecule has 172 valence electrons. The Kier molecular flexibility index (Phi) is 8.09. The van der Waals surface area contributed by atoms with E-state index < -0.39 is 11.7 Å². The number of hydrogen-bond donors (Lipinski definition) is 2. The van der Waals surface area contributed by atoms with Gasteiger partial charge in [0.25, 0.3) is 5.91 Å². The maximum absolute atomic E-state index is 12.8. The fraction of sp³-hybridized carbons (Fsp3) is 0.625. The molecule has 2 rings (SSSR count). The van der Waals surface area contributed by atoms with E-state index in [-0.39, 0.29) is 36.2 Å². The first-order chi connectivity index (χ1) is 14.3. The van der Waals surface area contributed by atoms with Crippen molar-refractivity contribution in [3.63, 3.8) is 0 Å². The summed E-state index contributed by atoms with van der Waals surface area (Å²) < 4.78 is 5.14. The zero-order valence-corrected chi connectivity index (χ0v) is 19.7. The molecular weight excluding hydrogens is 394 g/mol. The van der Waals surface area contributed by atoms with Gasteiger partial charge in [-0.05, 0) is 56.7 Å². The third kappa shape index (κ3) is 8.23. The van der Waals surface area contributed by atoms with E-state index in [9.17, 15) is 14.4 Å². The highest BCUT2D eigenvalue weighted by Gasteiger charge is 2.25. The molecule has 0 aliphatic carbocycles. The van der Waals surface area contributed by atoms with Crippen LogP contribution in [0.4, 0.5) is 4.79 Å². The minimum atomic E-state index is -0.563. The maximum Gasteiger partial charge on any atom is 0.407 e. The molecule has 1 heterocycles. The Morgan fingerprint density at radius 3 is 2.10 bits per heavy atom. The summed E-state index contributed by atoms with van der Waals surface area (Å²) in [6, 6.07) is 7.88. The summed E-state index contributed by atoms with van der Waals surface area (Å²) in [6.07, 6.45) is 1.11. The van der Waals surface area contributed by atoms with Crippen LogP contribution in [0.5, 0.6) is 0 Å². The molecule has 0 radical (unpaired) electrons. The van der Waals surface area contributed by atoms with Crippen LogP contribution in [0.15, 0.2) is 24.3 Å². The van der Waals surface area contributed by atoms with Gasteiger partial charge in [-0.3, -0.25) is 9.59 Å². The molecule has 3 amide bonds. The van der Waals surface area contributed by atoms with E-state index in [1.165, 1.54) is 5.56 Å². The van der Waals surface area contributed by atoms with Crippen LogP contribution in [0.3, 0.4) is 0 Å². The summed E-state index contributed by atoms with van der Waals surface area (Å²) in [5.74, 6) is -0.0783. The second-order valence-corrected chi connectivity index (χ2v) is 10.1. The normalized spacial score (nSPS) is 15.4. The summed E-state index contributed by atoms with van der Waals surface area (Å²) in [5, 5.41) is 5.58. The van der Waals surface area contributed by atoms with Crippen LogP contribution < -0.4 is 10.6 Å². The van der Waals surface area contributed by atoms with Gasteiger partial charge in [0.15, 0.2) is 0 Å². The largest absolute Gasteiger partial charge is 0.444 e. The minimum absolute atomic E-state index is 0.0341. The van der Waals surface area contributed by atoms with Gasteiger partial charge in [0.1, 0.15) is 5.60 Å². The third-order valence-electron chi connectivity index (χ3n) is 5.17. The number of ether oxygens (including phenoxy) is 1. The summed E-state index contributed by atoms with van der Waals surface area (Å²) in [6.45, 7) is 13.3. The van der Waals surface area contributed by atoms with Gasteiger partial charge in [0.05, 0.1) is 0 Å². The highest BCUT2D eigenvalue weighted by atomic mass is 16.6. The van der Waals surface area contributed by atoms with Gasteiger partial charge in [0, 0.05) is 37.7 Å². The molecule has 1 aliphatic rings. The van der Waals surface area contributed by atoms with E-state index in [0.717, 1.165) is 12.8 Å².